The van der Waals surface area contributed by atoms with E-state index in [4.69, 9.17) is 0 Å². The van der Waals surface area contributed by atoms with Crippen molar-refractivity contribution >= 4 is 11.4 Å². The van der Waals surface area contributed by atoms with E-state index in [0.29, 0.717) is 6.04 Å². The van der Waals surface area contributed by atoms with Gasteiger partial charge < -0.3 is 10.2 Å². The summed E-state index contributed by atoms with van der Waals surface area (Å²) in [6, 6.07) is 9.52. The number of para-hydroxylation sites is 2. The predicted molar refractivity (Wildman–Crippen MR) is 87.5 cm³/mol. The van der Waals surface area contributed by atoms with Gasteiger partial charge in [-0.3, -0.25) is 0 Å². The van der Waals surface area contributed by atoms with Crippen LogP contribution in [0.4, 0.5) is 11.4 Å². The van der Waals surface area contributed by atoms with Gasteiger partial charge in [-0.1, -0.05) is 32.4 Å². The number of benzene rings is 1. The Hall–Kier alpha value is -1.18. The van der Waals surface area contributed by atoms with Crippen LogP contribution >= 0.6 is 0 Å². The third-order valence-corrected chi connectivity index (χ3v) is 5.15. The number of nitrogens with one attached hydrogen (secondary N) is 1. The quantitative estimate of drug-likeness (QED) is 0.870. The third kappa shape index (κ3) is 2.94. The topological polar surface area (TPSA) is 15.3 Å². The lowest BCUT2D eigenvalue weighted by Gasteiger charge is -2.35. The van der Waals surface area contributed by atoms with Gasteiger partial charge in [0.1, 0.15) is 0 Å². The number of rotatable bonds is 3. The molecule has 20 heavy (non-hydrogen) atoms. The maximum atomic E-state index is 3.86. The smallest absolute Gasteiger partial charge is 0.0602 e. The Kier molecular flexibility index (Phi) is 4.18. The SMILES string of the molecule is CC1CCC(C)C(Nc2ccccc2N2CCCC2)C1. The molecule has 0 radical (unpaired) electrons. The first-order chi connectivity index (χ1) is 9.74. The molecular formula is C18H28N2. The van der Waals surface area contributed by atoms with Crippen molar-refractivity contribution in [2.75, 3.05) is 23.3 Å². The Morgan fingerprint density at radius 2 is 1.80 bits per heavy atom. The Labute approximate surface area is 123 Å². The van der Waals surface area contributed by atoms with Gasteiger partial charge in [0.2, 0.25) is 0 Å². The minimum Gasteiger partial charge on any atom is -0.380 e. The summed E-state index contributed by atoms with van der Waals surface area (Å²) in [5, 5.41) is 3.86. The lowest BCUT2D eigenvalue weighted by Crippen LogP contribution is -2.34. The fraction of sp³-hybridized carbons (Fsp3) is 0.667. The van der Waals surface area contributed by atoms with Crippen LogP contribution in [0.3, 0.4) is 0 Å². The molecule has 2 nitrogen and oxygen atoms in total. The molecule has 1 saturated heterocycles. The zero-order valence-electron chi connectivity index (χ0n) is 12.9. The van der Waals surface area contributed by atoms with E-state index >= 15 is 0 Å². The molecule has 2 aliphatic rings. The molecule has 1 saturated carbocycles. The third-order valence-electron chi connectivity index (χ3n) is 5.15. The van der Waals surface area contributed by atoms with Gasteiger partial charge in [0.05, 0.1) is 11.4 Å². The van der Waals surface area contributed by atoms with Crippen LogP contribution < -0.4 is 10.2 Å². The normalized spacial score (nSPS) is 30.5. The molecule has 0 spiro atoms. The van der Waals surface area contributed by atoms with Crippen molar-refractivity contribution < 1.29 is 0 Å². The fourth-order valence-corrected chi connectivity index (χ4v) is 3.76. The van der Waals surface area contributed by atoms with Crippen molar-refractivity contribution in [3.05, 3.63) is 24.3 Å². The van der Waals surface area contributed by atoms with Gasteiger partial charge in [-0.25, -0.2) is 0 Å². The number of nitrogens with zero attached hydrogens (tertiary/aromatic N) is 1. The molecule has 0 amide bonds. The first-order valence-corrected chi connectivity index (χ1v) is 8.34. The first-order valence-electron chi connectivity index (χ1n) is 8.34. The summed E-state index contributed by atoms with van der Waals surface area (Å²) in [5.74, 6) is 1.65. The molecule has 3 rings (SSSR count). The van der Waals surface area contributed by atoms with Gasteiger partial charge in [0.25, 0.3) is 0 Å². The summed E-state index contributed by atoms with van der Waals surface area (Å²) < 4.78 is 0. The average molecular weight is 272 g/mol. The van der Waals surface area contributed by atoms with E-state index < -0.39 is 0 Å². The second kappa shape index (κ2) is 6.07. The van der Waals surface area contributed by atoms with Gasteiger partial charge in [-0.2, -0.15) is 0 Å². The van der Waals surface area contributed by atoms with Gasteiger partial charge in [-0.05, 0) is 49.7 Å². The maximum Gasteiger partial charge on any atom is 0.0602 e. The molecule has 1 aliphatic heterocycles. The van der Waals surface area contributed by atoms with Gasteiger partial charge in [0.15, 0.2) is 0 Å². The monoisotopic (exact) mass is 272 g/mol. The predicted octanol–water partition coefficient (Wildman–Crippen LogP) is 4.52. The molecule has 0 aromatic heterocycles. The van der Waals surface area contributed by atoms with Crippen LogP contribution in [-0.2, 0) is 0 Å². The van der Waals surface area contributed by atoms with Crippen LogP contribution in [-0.4, -0.2) is 19.1 Å². The van der Waals surface area contributed by atoms with E-state index in [0.717, 1.165) is 11.8 Å². The second-order valence-corrected chi connectivity index (χ2v) is 6.86. The highest BCUT2D eigenvalue weighted by atomic mass is 15.2. The summed E-state index contributed by atoms with van der Waals surface area (Å²) >= 11 is 0. The largest absolute Gasteiger partial charge is 0.380 e. The number of hydrogen-bond acceptors (Lipinski definition) is 2. The van der Waals surface area contributed by atoms with E-state index in [1.807, 2.05) is 0 Å². The van der Waals surface area contributed by atoms with E-state index in [1.165, 1.54) is 56.6 Å². The highest BCUT2D eigenvalue weighted by Crippen LogP contribution is 2.34. The van der Waals surface area contributed by atoms with E-state index in [2.05, 4.69) is 48.3 Å². The van der Waals surface area contributed by atoms with Gasteiger partial charge in [0, 0.05) is 19.1 Å². The zero-order valence-corrected chi connectivity index (χ0v) is 12.9. The van der Waals surface area contributed by atoms with Crippen molar-refractivity contribution in [1.82, 2.24) is 0 Å². The highest BCUT2D eigenvalue weighted by molar-refractivity contribution is 5.70. The molecule has 1 aromatic carbocycles. The molecule has 1 N–H and O–H groups in total. The van der Waals surface area contributed by atoms with Crippen molar-refractivity contribution in [2.45, 2.75) is 52.0 Å². The van der Waals surface area contributed by atoms with Crippen LogP contribution in [0.15, 0.2) is 24.3 Å². The molecular weight excluding hydrogens is 244 g/mol. The molecule has 2 heteroatoms. The van der Waals surface area contributed by atoms with Gasteiger partial charge >= 0.3 is 0 Å². The minimum atomic E-state index is 0.641. The standard InChI is InChI=1S/C18H28N2/c1-14-9-10-15(2)17(13-14)19-16-7-3-4-8-18(16)20-11-5-6-12-20/h3-4,7-8,14-15,17,19H,5-6,9-13H2,1-2H3. The lowest BCUT2D eigenvalue weighted by atomic mass is 9.80. The Bertz CT molecular complexity index is 437. The van der Waals surface area contributed by atoms with E-state index in [-0.39, 0.29) is 0 Å². The lowest BCUT2D eigenvalue weighted by molar-refractivity contribution is 0.281. The number of anilines is 2. The molecule has 3 atom stereocenters. The van der Waals surface area contributed by atoms with Crippen molar-refractivity contribution in [3.63, 3.8) is 0 Å². The van der Waals surface area contributed by atoms with E-state index in [1.54, 1.807) is 0 Å². The average Bonchev–Trinajstić information content (AvgIpc) is 2.97. The molecule has 1 aliphatic carbocycles. The van der Waals surface area contributed by atoms with Crippen LogP contribution in [0.2, 0.25) is 0 Å². The summed E-state index contributed by atoms with van der Waals surface area (Å²) in [6.07, 6.45) is 6.75. The first kappa shape index (κ1) is 13.8. The molecule has 2 fully saturated rings. The Morgan fingerprint density at radius 1 is 1.05 bits per heavy atom. The molecule has 0 bridgehead atoms. The summed E-state index contributed by atoms with van der Waals surface area (Å²) in [6.45, 7) is 7.24. The Morgan fingerprint density at radius 3 is 2.60 bits per heavy atom. The summed E-state index contributed by atoms with van der Waals surface area (Å²) in [5.41, 5.74) is 2.76. The highest BCUT2D eigenvalue weighted by Gasteiger charge is 2.26. The van der Waals surface area contributed by atoms with Crippen LogP contribution in [0.1, 0.15) is 46.0 Å². The van der Waals surface area contributed by atoms with Gasteiger partial charge in [-0.15, -0.1) is 0 Å². The molecule has 1 heterocycles. The molecule has 110 valence electrons. The summed E-state index contributed by atoms with van der Waals surface area (Å²) in [4.78, 5) is 2.54. The fourth-order valence-electron chi connectivity index (χ4n) is 3.76. The van der Waals surface area contributed by atoms with Crippen molar-refractivity contribution in [3.8, 4) is 0 Å². The van der Waals surface area contributed by atoms with Crippen molar-refractivity contribution in [2.24, 2.45) is 11.8 Å². The van der Waals surface area contributed by atoms with Crippen molar-refractivity contribution in [1.29, 1.82) is 0 Å². The van der Waals surface area contributed by atoms with Crippen LogP contribution in [0, 0.1) is 11.8 Å². The zero-order chi connectivity index (χ0) is 13.9. The molecule has 1 aromatic rings. The van der Waals surface area contributed by atoms with Crippen LogP contribution in [0.25, 0.3) is 0 Å². The van der Waals surface area contributed by atoms with Crippen LogP contribution in [0.5, 0.6) is 0 Å². The Balaban J connectivity index is 1.76. The second-order valence-electron chi connectivity index (χ2n) is 6.86. The summed E-state index contributed by atoms with van der Waals surface area (Å²) in [7, 11) is 0. The molecule has 3 unspecified atom stereocenters. The maximum absolute atomic E-state index is 3.86. The number of hydrogen-bond donors (Lipinski definition) is 1. The minimum absolute atomic E-state index is 0.641. The van der Waals surface area contributed by atoms with E-state index in [9.17, 15) is 0 Å².